The van der Waals surface area contributed by atoms with Gasteiger partial charge in [-0.15, -0.1) is 11.3 Å². The Hall–Kier alpha value is -3.96. The molecule has 5 rings (SSSR count). The molecule has 3 N–H and O–H groups in total. The molecule has 1 saturated heterocycles. The highest BCUT2D eigenvalue weighted by Crippen LogP contribution is 2.42. The third-order valence-electron chi connectivity index (χ3n) is 6.32. The van der Waals surface area contributed by atoms with Crippen LogP contribution in [-0.4, -0.2) is 72.2 Å². The van der Waals surface area contributed by atoms with E-state index in [0.29, 0.717) is 39.1 Å². The number of nitrogens with two attached hydrogens (primary N) is 1. The van der Waals surface area contributed by atoms with Crippen molar-refractivity contribution >= 4 is 44.9 Å². The second-order valence-corrected chi connectivity index (χ2v) is 10.4. The molecule has 1 amide bonds. The summed E-state index contributed by atoms with van der Waals surface area (Å²) in [6, 6.07) is 9.44. The van der Waals surface area contributed by atoms with Crippen LogP contribution < -0.4 is 25.4 Å². The lowest BCUT2D eigenvalue weighted by Gasteiger charge is -2.33. The van der Waals surface area contributed by atoms with Gasteiger partial charge in [-0.3, -0.25) is 4.79 Å². The first-order valence-electron chi connectivity index (χ1n) is 12.4. The molecule has 38 heavy (non-hydrogen) atoms. The lowest BCUT2D eigenvalue weighted by molar-refractivity contribution is 0.100. The SMILES string of the molecule is COc1ccccc1-c1c(C(N)=O)sc2cnc(Nc3cnc(N4CCN(C)CC4)cc3OC(C)C)nc12. The lowest BCUT2D eigenvalue weighted by Crippen LogP contribution is -2.44. The third-order valence-corrected chi connectivity index (χ3v) is 7.45. The Morgan fingerprint density at radius 1 is 1.11 bits per heavy atom. The molecule has 10 nitrogen and oxygen atoms in total. The van der Waals surface area contributed by atoms with Crippen molar-refractivity contribution in [2.45, 2.75) is 20.0 Å². The quantitative estimate of drug-likeness (QED) is 0.344. The van der Waals surface area contributed by atoms with Crippen LogP contribution in [0.4, 0.5) is 17.5 Å². The summed E-state index contributed by atoms with van der Waals surface area (Å²) in [7, 11) is 3.72. The van der Waals surface area contributed by atoms with Gasteiger partial charge in [-0.1, -0.05) is 18.2 Å². The number of anilines is 3. The molecule has 1 aromatic carbocycles. The molecule has 0 radical (unpaired) electrons. The molecule has 0 bridgehead atoms. The van der Waals surface area contributed by atoms with Crippen LogP contribution in [0.15, 0.2) is 42.7 Å². The number of carbonyl (C=O) groups is 1. The molecule has 198 valence electrons. The van der Waals surface area contributed by atoms with Crippen LogP contribution in [0.25, 0.3) is 21.3 Å². The Morgan fingerprint density at radius 2 is 1.87 bits per heavy atom. The van der Waals surface area contributed by atoms with Gasteiger partial charge in [0.2, 0.25) is 5.95 Å². The van der Waals surface area contributed by atoms with E-state index in [4.69, 9.17) is 25.2 Å². The Morgan fingerprint density at radius 3 is 2.58 bits per heavy atom. The zero-order chi connectivity index (χ0) is 26.8. The van der Waals surface area contributed by atoms with Crippen LogP contribution in [0.1, 0.15) is 23.5 Å². The maximum absolute atomic E-state index is 12.4. The molecule has 0 spiro atoms. The molecule has 3 aromatic heterocycles. The van der Waals surface area contributed by atoms with Gasteiger partial charge < -0.3 is 30.3 Å². The molecule has 4 aromatic rings. The first-order valence-corrected chi connectivity index (χ1v) is 13.3. The number of rotatable bonds is 8. The molecule has 1 aliphatic heterocycles. The number of amides is 1. The van der Waals surface area contributed by atoms with E-state index in [1.807, 2.05) is 44.2 Å². The Bertz CT molecular complexity index is 1460. The number of nitrogens with zero attached hydrogens (tertiary/aromatic N) is 5. The lowest BCUT2D eigenvalue weighted by atomic mass is 10.0. The zero-order valence-electron chi connectivity index (χ0n) is 21.9. The minimum Gasteiger partial charge on any atom is -0.496 e. The monoisotopic (exact) mass is 533 g/mol. The fourth-order valence-electron chi connectivity index (χ4n) is 4.43. The molecule has 0 atom stereocenters. The van der Waals surface area contributed by atoms with E-state index in [1.165, 1.54) is 11.3 Å². The average molecular weight is 534 g/mol. The molecule has 1 aliphatic rings. The summed E-state index contributed by atoms with van der Waals surface area (Å²) < 4.78 is 12.4. The Kier molecular flexibility index (Phi) is 7.30. The van der Waals surface area contributed by atoms with Crippen LogP contribution in [0, 0.1) is 0 Å². The molecule has 11 heteroatoms. The van der Waals surface area contributed by atoms with Crippen molar-refractivity contribution in [2.75, 3.05) is 50.6 Å². The topological polar surface area (TPSA) is 119 Å². The van der Waals surface area contributed by atoms with E-state index in [1.54, 1.807) is 19.5 Å². The summed E-state index contributed by atoms with van der Waals surface area (Å²) in [4.78, 5) is 31.3. The molecular formula is C27H31N7O3S. The van der Waals surface area contributed by atoms with Crippen molar-refractivity contribution in [3.05, 3.63) is 47.6 Å². The fourth-order valence-corrected chi connectivity index (χ4v) is 5.41. The summed E-state index contributed by atoms with van der Waals surface area (Å²) in [6.45, 7) is 7.75. The normalized spacial score (nSPS) is 14.2. The summed E-state index contributed by atoms with van der Waals surface area (Å²) in [6.07, 6.45) is 3.41. The van der Waals surface area contributed by atoms with Gasteiger partial charge in [0, 0.05) is 43.4 Å². The molecule has 0 saturated carbocycles. The minimum atomic E-state index is -0.528. The van der Waals surface area contributed by atoms with Crippen LogP contribution in [0.5, 0.6) is 11.5 Å². The first-order chi connectivity index (χ1) is 18.3. The van der Waals surface area contributed by atoms with Crippen molar-refractivity contribution in [1.82, 2.24) is 19.9 Å². The smallest absolute Gasteiger partial charge is 0.259 e. The number of hydrogen-bond acceptors (Lipinski definition) is 10. The van der Waals surface area contributed by atoms with E-state index in [-0.39, 0.29) is 6.10 Å². The number of likely N-dealkylation sites (N-methyl/N-ethyl adjacent to an activating group) is 1. The number of nitrogens with one attached hydrogen (secondary N) is 1. The largest absolute Gasteiger partial charge is 0.496 e. The van der Waals surface area contributed by atoms with E-state index in [2.05, 4.69) is 27.1 Å². The number of fused-ring (bicyclic) bond motifs is 1. The van der Waals surface area contributed by atoms with E-state index in [9.17, 15) is 4.79 Å². The van der Waals surface area contributed by atoms with Gasteiger partial charge in [0.1, 0.15) is 27.9 Å². The van der Waals surface area contributed by atoms with Crippen molar-refractivity contribution < 1.29 is 14.3 Å². The zero-order valence-corrected chi connectivity index (χ0v) is 22.7. The van der Waals surface area contributed by atoms with E-state index in [0.717, 1.165) is 42.3 Å². The van der Waals surface area contributed by atoms with Gasteiger partial charge in [-0.2, -0.15) is 0 Å². The summed E-state index contributed by atoms with van der Waals surface area (Å²) >= 11 is 1.26. The van der Waals surface area contributed by atoms with E-state index < -0.39 is 5.91 Å². The van der Waals surface area contributed by atoms with Gasteiger partial charge in [-0.05, 0) is 27.0 Å². The molecule has 0 aliphatic carbocycles. The maximum Gasteiger partial charge on any atom is 0.259 e. The fraction of sp³-hybridized carbons (Fsp3) is 0.333. The number of piperazine rings is 1. The maximum atomic E-state index is 12.4. The predicted molar refractivity (Wildman–Crippen MR) is 151 cm³/mol. The standard InChI is InChI=1S/C27H31N7O3S/c1-16(2)37-20-13-22(34-11-9-33(3)10-12-34)29-14-18(20)31-27-30-15-21-24(32-27)23(25(38-21)26(28)35)17-7-5-6-8-19(17)36-4/h5-8,13-16H,9-12H2,1-4H3,(H2,28,35)(H,30,31,32). The van der Waals surface area contributed by atoms with Gasteiger partial charge in [0.05, 0.1) is 35.8 Å². The number of carbonyl (C=O) groups excluding carboxylic acids is 1. The van der Waals surface area contributed by atoms with Crippen LogP contribution in [-0.2, 0) is 0 Å². The number of hydrogen-bond donors (Lipinski definition) is 2. The third kappa shape index (κ3) is 5.20. The van der Waals surface area contributed by atoms with Gasteiger partial charge >= 0.3 is 0 Å². The van der Waals surface area contributed by atoms with Crippen LogP contribution in [0.2, 0.25) is 0 Å². The van der Waals surface area contributed by atoms with Crippen molar-refractivity contribution in [3.8, 4) is 22.6 Å². The van der Waals surface area contributed by atoms with Crippen molar-refractivity contribution in [1.29, 1.82) is 0 Å². The second-order valence-electron chi connectivity index (χ2n) is 9.40. The Balaban J connectivity index is 1.54. The first kappa shape index (κ1) is 25.7. The highest BCUT2D eigenvalue weighted by Gasteiger charge is 2.23. The average Bonchev–Trinajstić information content (AvgIpc) is 3.29. The van der Waals surface area contributed by atoms with Crippen LogP contribution in [0.3, 0.4) is 0 Å². The summed E-state index contributed by atoms with van der Waals surface area (Å²) in [5.41, 5.74) is 8.38. The van der Waals surface area contributed by atoms with Gasteiger partial charge in [0.15, 0.2) is 0 Å². The number of thiophene rings is 1. The summed E-state index contributed by atoms with van der Waals surface area (Å²) in [5, 5.41) is 3.27. The van der Waals surface area contributed by atoms with E-state index >= 15 is 0 Å². The highest BCUT2D eigenvalue weighted by molar-refractivity contribution is 7.21. The number of ether oxygens (including phenoxy) is 2. The summed E-state index contributed by atoms with van der Waals surface area (Å²) in [5.74, 6) is 1.99. The number of para-hydroxylation sites is 1. The number of aromatic nitrogens is 3. The van der Waals surface area contributed by atoms with Crippen molar-refractivity contribution in [2.24, 2.45) is 5.73 Å². The Labute approximate surface area is 225 Å². The molecule has 4 heterocycles. The van der Waals surface area contributed by atoms with Gasteiger partial charge in [0.25, 0.3) is 5.91 Å². The predicted octanol–water partition coefficient (Wildman–Crippen LogP) is 4.14. The number of pyridine rings is 1. The highest BCUT2D eigenvalue weighted by atomic mass is 32.1. The molecular weight excluding hydrogens is 502 g/mol. The number of primary amides is 1. The number of benzene rings is 1. The number of methoxy groups -OCH3 is 1. The molecule has 1 fully saturated rings. The van der Waals surface area contributed by atoms with Gasteiger partial charge in [-0.25, -0.2) is 15.0 Å². The second kappa shape index (κ2) is 10.8. The van der Waals surface area contributed by atoms with Crippen LogP contribution >= 0.6 is 11.3 Å². The van der Waals surface area contributed by atoms with Crippen molar-refractivity contribution in [3.63, 3.8) is 0 Å². The molecule has 0 unspecified atom stereocenters. The minimum absolute atomic E-state index is 0.0335.